The number of carbonyl (C=O) groups excluding carboxylic acids is 1. The zero-order valence-corrected chi connectivity index (χ0v) is 13.1. The van der Waals surface area contributed by atoms with Crippen molar-refractivity contribution in [2.24, 2.45) is 5.92 Å². The molecule has 0 aromatic heterocycles. The predicted octanol–water partition coefficient (Wildman–Crippen LogP) is 4.20. The van der Waals surface area contributed by atoms with Gasteiger partial charge in [0.15, 0.2) is 0 Å². The van der Waals surface area contributed by atoms with Crippen LogP contribution in [0.2, 0.25) is 5.02 Å². The molecule has 0 aliphatic heterocycles. The van der Waals surface area contributed by atoms with Crippen LogP contribution >= 0.6 is 11.6 Å². The molecular formula is C16H22ClFN2O. The number of nitrogens with one attached hydrogen (secondary N) is 1. The van der Waals surface area contributed by atoms with Crippen LogP contribution < -0.4 is 5.32 Å². The minimum absolute atomic E-state index is 0.167. The second-order valence-corrected chi connectivity index (χ2v) is 6.13. The standard InChI is InChI=1S/C16H22ClFN2O/c1-20(11-13-14(17)7-4-8-15(13)18)16(21)19-10-9-12-5-2-3-6-12/h4,7-8,12H,2-3,5-6,9-11H2,1H3,(H,19,21). The molecule has 1 aliphatic rings. The predicted molar refractivity (Wildman–Crippen MR) is 82.9 cm³/mol. The minimum Gasteiger partial charge on any atom is -0.338 e. The largest absolute Gasteiger partial charge is 0.338 e. The molecule has 0 bridgehead atoms. The fourth-order valence-corrected chi connectivity index (χ4v) is 3.03. The number of hydrogen-bond acceptors (Lipinski definition) is 1. The molecular weight excluding hydrogens is 291 g/mol. The van der Waals surface area contributed by atoms with Crippen molar-refractivity contribution in [1.29, 1.82) is 0 Å². The highest BCUT2D eigenvalue weighted by atomic mass is 35.5. The second kappa shape index (κ2) is 7.64. The Hall–Kier alpha value is -1.29. The van der Waals surface area contributed by atoms with E-state index in [1.54, 1.807) is 19.2 Å². The summed E-state index contributed by atoms with van der Waals surface area (Å²) in [4.78, 5) is 13.5. The van der Waals surface area contributed by atoms with E-state index in [9.17, 15) is 9.18 Å². The van der Waals surface area contributed by atoms with Gasteiger partial charge in [-0.1, -0.05) is 43.4 Å². The van der Waals surface area contributed by atoms with Gasteiger partial charge >= 0.3 is 6.03 Å². The Morgan fingerprint density at radius 2 is 2.14 bits per heavy atom. The quantitative estimate of drug-likeness (QED) is 0.868. The zero-order chi connectivity index (χ0) is 15.2. The van der Waals surface area contributed by atoms with E-state index in [4.69, 9.17) is 11.6 Å². The lowest BCUT2D eigenvalue weighted by atomic mass is 10.0. The van der Waals surface area contributed by atoms with Crippen molar-refractivity contribution >= 4 is 17.6 Å². The molecule has 1 aromatic rings. The number of halogens is 2. The lowest BCUT2D eigenvalue weighted by molar-refractivity contribution is 0.205. The molecule has 3 nitrogen and oxygen atoms in total. The van der Waals surface area contributed by atoms with E-state index >= 15 is 0 Å². The van der Waals surface area contributed by atoms with E-state index in [-0.39, 0.29) is 18.4 Å². The summed E-state index contributed by atoms with van der Waals surface area (Å²) >= 11 is 5.97. The molecule has 21 heavy (non-hydrogen) atoms. The summed E-state index contributed by atoms with van der Waals surface area (Å²) in [5, 5.41) is 3.24. The normalized spacial score (nSPS) is 15.2. The Balaban J connectivity index is 1.79. The summed E-state index contributed by atoms with van der Waals surface area (Å²) in [5.41, 5.74) is 0.354. The number of rotatable bonds is 5. The summed E-state index contributed by atoms with van der Waals surface area (Å²) in [5.74, 6) is 0.365. The van der Waals surface area contributed by atoms with Crippen molar-refractivity contribution in [3.05, 3.63) is 34.6 Å². The van der Waals surface area contributed by atoms with Gasteiger partial charge in [0.1, 0.15) is 5.82 Å². The van der Waals surface area contributed by atoms with E-state index < -0.39 is 0 Å². The molecule has 0 saturated heterocycles. The highest BCUT2D eigenvalue weighted by Crippen LogP contribution is 2.27. The maximum absolute atomic E-state index is 13.7. The van der Waals surface area contributed by atoms with Gasteiger partial charge in [-0.2, -0.15) is 0 Å². The van der Waals surface area contributed by atoms with Gasteiger partial charge in [-0.25, -0.2) is 9.18 Å². The average molecular weight is 313 g/mol. The van der Waals surface area contributed by atoms with Crippen LogP contribution in [0.15, 0.2) is 18.2 Å². The van der Waals surface area contributed by atoms with Gasteiger partial charge in [-0.05, 0) is 24.5 Å². The van der Waals surface area contributed by atoms with Crippen LogP contribution in [0, 0.1) is 11.7 Å². The zero-order valence-electron chi connectivity index (χ0n) is 12.4. The van der Waals surface area contributed by atoms with E-state index in [1.807, 2.05) is 0 Å². The Morgan fingerprint density at radius 3 is 2.81 bits per heavy atom. The third kappa shape index (κ3) is 4.60. The third-order valence-corrected chi connectivity index (χ3v) is 4.46. The van der Waals surface area contributed by atoms with Crippen LogP contribution in [-0.2, 0) is 6.54 Å². The van der Waals surface area contributed by atoms with E-state index in [2.05, 4.69) is 5.32 Å². The van der Waals surface area contributed by atoms with Gasteiger partial charge in [-0.15, -0.1) is 0 Å². The number of nitrogens with zero attached hydrogens (tertiary/aromatic N) is 1. The molecule has 1 saturated carbocycles. The molecule has 116 valence electrons. The number of carbonyl (C=O) groups is 1. The van der Waals surface area contributed by atoms with E-state index in [1.165, 1.54) is 36.6 Å². The number of amides is 2. The Morgan fingerprint density at radius 1 is 1.43 bits per heavy atom. The molecule has 2 rings (SSSR count). The minimum atomic E-state index is -0.381. The average Bonchev–Trinajstić information content (AvgIpc) is 2.96. The number of urea groups is 1. The molecule has 5 heteroatoms. The van der Waals surface area contributed by atoms with Gasteiger partial charge in [-0.3, -0.25) is 0 Å². The maximum atomic E-state index is 13.7. The third-order valence-electron chi connectivity index (χ3n) is 4.11. The summed E-state index contributed by atoms with van der Waals surface area (Å²) in [6.45, 7) is 0.847. The lowest BCUT2D eigenvalue weighted by Crippen LogP contribution is -2.37. The van der Waals surface area contributed by atoms with Crippen molar-refractivity contribution in [1.82, 2.24) is 10.2 Å². The fraction of sp³-hybridized carbons (Fsp3) is 0.562. The monoisotopic (exact) mass is 312 g/mol. The highest BCUT2D eigenvalue weighted by Gasteiger charge is 2.16. The smallest absolute Gasteiger partial charge is 0.317 e. The summed E-state index contributed by atoms with van der Waals surface area (Å²) < 4.78 is 13.7. The first kappa shape index (κ1) is 16.1. The molecule has 1 fully saturated rings. The van der Waals surface area contributed by atoms with Gasteiger partial charge in [0.05, 0.1) is 6.54 Å². The van der Waals surface area contributed by atoms with Crippen LogP contribution in [0.4, 0.5) is 9.18 Å². The van der Waals surface area contributed by atoms with Crippen molar-refractivity contribution in [3.8, 4) is 0 Å². The van der Waals surface area contributed by atoms with Crippen LogP contribution in [0.1, 0.15) is 37.7 Å². The Kier molecular flexibility index (Phi) is 5.85. The van der Waals surface area contributed by atoms with Gasteiger partial charge < -0.3 is 10.2 Å². The molecule has 0 unspecified atom stereocenters. The van der Waals surface area contributed by atoms with Crippen LogP contribution in [-0.4, -0.2) is 24.5 Å². The number of benzene rings is 1. The summed E-state index contributed by atoms with van der Waals surface area (Å²) in [6, 6.07) is 4.36. The van der Waals surface area contributed by atoms with Crippen molar-refractivity contribution in [3.63, 3.8) is 0 Å². The Bertz CT molecular complexity index is 469. The highest BCUT2D eigenvalue weighted by molar-refractivity contribution is 6.31. The van der Waals surface area contributed by atoms with E-state index in [0.29, 0.717) is 17.1 Å². The second-order valence-electron chi connectivity index (χ2n) is 5.73. The number of hydrogen-bond donors (Lipinski definition) is 1. The fourth-order valence-electron chi connectivity index (χ4n) is 2.81. The first-order chi connectivity index (χ1) is 10.1. The van der Waals surface area contributed by atoms with Crippen molar-refractivity contribution in [2.45, 2.75) is 38.6 Å². The Labute approximate surface area is 130 Å². The van der Waals surface area contributed by atoms with Crippen molar-refractivity contribution in [2.75, 3.05) is 13.6 Å². The first-order valence-electron chi connectivity index (χ1n) is 7.50. The molecule has 1 N–H and O–H groups in total. The molecule has 0 heterocycles. The maximum Gasteiger partial charge on any atom is 0.317 e. The summed E-state index contributed by atoms with van der Waals surface area (Å²) in [7, 11) is 1.65. The van der Waals surface area contributed by atoms with Gasteiger partial charge in [0.2, 0.25) is 0 Å². The molecule has 0 spiro atoms. The van der Waals surface area contributed by atoms with Crippen LogP contribution in [0.25, 0.3) is 0 Å². The van der Waals surface area contributed by atoms with Crippen LogP contribution in [0.5, 0.6) is 0 Å². The van der Waals surface area contributed by atoms with Crippen molar-refractivity contribution < 1.29 is 9.18 Å². The summed E-state index contributed by atoms with van der Waals surface area (Å²) in [6.07, 6.45) is 6.20. The van der Waals surface area contributed by atoms with Gasteiger partial charge in [0.25, 0.3) is 0 Å². The van der Waals surface area contributed by atoms with E-state index in [0.717, 1.165) is 12.3 Å². The lowest BCUT2D eigenvalue weighted by Gasteiger charge is -2.19. The molecule has 1 aliphatic carbocycles. The molecule has 2 amide bonds. The van der Waals surface area contributed by atoms with Gasteiger partial charge in [0, 0.05) is 24.2 Å². The SMILES string of the molecule is CN(Cc1c(F)cccc1Cl)C(=O)NCCC1CCCC1. The molecule has 0 radical (unpaired) electrons. The van der Waals surface area contributed by atoms with Crippen LogP contribution in [0.3, 0.4) is 0 Å². The molecule has 1 aromatic carbocycles. The topological polar surface area (TPSA) is 32.3 Å². The first-order valence-corrected chi connectivity index (χ1v) is 7.87. The molecule has 0 atom stereocenters.